The standard InChI is InChI=1S/C15H19BrClNO3/c1-15(2,6-5-13(19)20)7-8-18-14(21)11-9-10(17)3-4-12(11)16/h3-4,9H,5-8H2,1-2H3,(H,18,21)(H,19,20). The number of carboxylic acid groups (broad SMARTS) is 1. The van der Waals surface area contributed by atoms with Gasteiger partial charge in [-0.1, -0.05) is 25.4 Å². The topological polar surface area (TPSA) is 66.4 Å². The molecule has 1 amide bonds. The van der Waals surface area contributed by atoms with Crippen LogP contribution in [0.1, 0.15) is 43.5 Å². The van der Waals surface area contributed by atoms with Gasteiger partial charge in [0.2, 0.25) is 0 Å². The predicted molar refractivity (Wildman–Crippen MR) is 86.8 cm³/mol. The van der Waals surface area contributed by atoms with E-state index in [1.54, 1.807) is 18.2 Å². The maximum absolute atomic E-state index is 12.1. The number of benzene rings is 1. The van der Waals surface area contributed by atoms with E-state index in [-0.39, 0.29) is 17.7 Å². The maximum atomic E-state index is 12.1. The predicted octanol–water partition coefficient (Wildman–Crippen LogP) is 4.11. The zero-order chi connectivity index (χ0) is 16.0. The molecular formula is C15H19BrClNO3. The van der Waals surface area contributed by atoms with Crippen molar-refractivity contribution < 1.29 is 14.7 Å². The summed E-state index contributed by atoms with van der Waals surface area (Å²) in [6.45, 7) is 4.49. The lowest BCUT2D eigenvalue weighted by atomic mass is 9.84. The second kappa shape index (κ2) is 7.80. The minimum atomic E-state index is -0.796. The zero-order valence-electron chi connectivity index (χ0n) is 12.1. The summed E-state index contributed by atoms with van der Waals surface area (Å²) in [6.07, 6.45) is 1.43. The van der Waals surface area contributed by atoms with E-state index in [9.17, 15) is 9.59 Å². The molecule has 2 N–H and O–H groups in total. The summed E-state index contributed by atoms with van der Waals surface area (Å²) in [5, 5.41) is 12.0. The Morgan fingerprint density at radius 2 is 2.00 bits per heavy atom. The van der Waals surface area contributed by atoms with E-state index in [4.69, 9.17) is 16.7 Å². The molecule has 6 heteroatoms. The summed E-state index contributed by atoms with van der Waals surface area (Å²) in [5.74, 6) is -0.992. The number of carbonyl (C=O) groups is 2. The number of rotatable bonds is 7. The maximum Gasteiger partial charge on any atom is 0.303 e. The van der Waals surface area contributed by atoms with E-state index in [0.29, 0.717) is 34.4 Å². The van der Waals surface area contributed by atoms with Crippen LogP contribution < -0.4 is 5.32 Å². The number of aliphatic carboxylic acids is 1. The molecule has 0 saturated carbocycles. The molecule has 1 aromatic rings. The molecule has 0 radical (unpaired) electrons. The van der Waals surface area contributed by atoms with Gasteiger partial charge >= 0.3 is 5.97 Å². The Morgan fingerprint density at radius 1 is 1.33 bits per heavy atom. The van der Waals surface area contributed by atoms with Crippen LogP contribution in [-0.2, 0) is 4.79 Å². The van der Waals surface area contributed by atoms with Gasteiger partial charge in [0.1, 0.15) is 0 Å². The van der Waals surface area contributed by atoms with E-state index in [0.717, 1.165) is 0 Å². The first-order valence-electron chi connectivity index (χ1n) is 6.66. The molecule has 1 rings (SSSR count). The van der Waals surface area contributed by atoms with Gasteiger partial charge in [0.25, 0.3) is 5.91 Å². The van der Waals surface area contributed by atoms with E-state index < -0.39 is 5.97 Å². The SMILES string of the molecule is CC(C)(CCNC(=O)c1cc(Cl)ccc1Br)CCC(=O)O. The Balaban J connectivity index is 2.50. The summed E-state index contributed by atoms with van der Waals surface area (Å²) in [4.78, 5) is 22.7. The summed E-state index contributed by atoms with van der Waals surface area (Å²) in [6, 6.07) is 5.04. The van der Waals surface area contributed by atoms with Crippen LogP contribution in [0.25, 0.3) is 0 Å². The third-order valence-corrected chi connectivity index (χ3v) is 4.20. The van der Waals surface area contributed by atoms with Crippen LogP contribution in [0.2, 0.25) is 5.02 Å². The van der Waals surface area contributed by atoms with E-state index in [2.05, 4.69) is 21.2 Å². The summed E-state index contributed by atoms with van der Waals surface area (Å²) in [5.41, 5.74) is 0.364. The van der Waals surface area contributed by atoms with Gasteiger partial charge in [-0.05, 0) is 52.4 Å². The highest BCUT2D eigenvalue weighted by atomic mass is 79.9. The quantitative estimate of drug-likeness (QED) is 0.752. The Labute approximate surface area is 138 Å². The molecule has 1 aromatic carbocycles. The fourth-order valence-corrected chi connectivity index (χ4v) is 2.45. The second-order valence-corrected chi connectivity index (χ2v) is 6.98. The number of carbonyl (C=O) groups excluding carboxylic acids is 1. The van der Waals surface area contributed by atoms with Crippen molar-refractivity contribution >= 4 is 39.4 Å². The van der Waals surface area contributed by atoms with Crippen LogP contribution in [0.3, 0.4) is 0 Å². The molecular weight excluding hydrogens is 358 g/mol. The lowest BCUT2D eigenvalue weighted by Crippen LogP contribution is -2.28. The molecule has 0 saturated heterocycles. The highest BCUT2D eigenvalue weighted by molar-refractivity contribution is 9.10. The van der Waals surface area contributed by atoms with Crippen molar-refractivity contribution in [3.8, 4) is 0 Å². The van der Waals surface area contributed by atoms with Crippen molar-refractivity contribution in [1.82, 2.24) is 5.32 Å². The largest absolute Gasteiger partial charge is 0.481 e. The lowest BCUT2D eigenvalue weighted by Gasteiger charge is -2.23. The molecule has 0 spiro atoms. The molecule has 0 fully saturated rings. The van der Waals surface area contributed by atoms with Gasteiger partial charge in [-0.15, -0.1) is 0 Å². The first-order chi connectivity index (χ1) is 9.71. The minimum Gasteiger partial charge on any atom is -0.481 e. The van der Waals surface area contributed by atoms with Gasteiger partial charge in [0, 0.05) is 22.5 Å². The summed E-state index contributed by atoms with van der Waals surface area (Å²) < 4.78 is 0.689. The molecule has 0 aliphatic heterocycles. The van der Waals surface area contributed by atoms with Crippen molar-refractivity contribution in [2.75, 3.05) is 6.54 Å². The van der Waals surface area contributed by atoms with Crippen LogP contribution in [0, 0.1) is 5.41 Å². The zero-order valence-corrected chi connectivity index (χ0v) is 14.4. The molecule has 0 aliphatic rings. The van der Waals surface area contributed by atoms with Gasteiger partial charge in [0.05, 0.1) is 5.56 Å². The molecule has 116 valence electrons. The molecule has 21 heavy (non-hydrogen) atoms. The van der Waals surface area contributed by atoms with Crippen LogP contribution in [0.4, 0.5) is 0 Å². The van der Waals surface area contributed by atoms with Gasteiger partial charge in [-0.3, -0.25) is 9.59 Å². The number of carboxylic acids is 1. The number of hydrogen-bond acceptors (Lipinski definition) is 2. The molecule has 0 heterocycles. The monoisotopic (exact) mass is 375 g/mol. The Hall–Kier alpha value is -1.07. The molecule has 0 unspecified atom stereocenters. The third kappa shape index (κ3) is 6.48. The second-order valence-electron chi connectivity index (χ2n) is 5.69. The average molecular weight is 377 g/mol. The number of halogens is 2. The van der Waals surface area contributed by atoms with Gasteiger partial charge < -0.3 is 10.4 Å². The Kier molecular flexibility index (Phi) is 6.68. The molecule has 0 atom stereocenters. The number of amides is 1. The van der Waals surface area contributed by atoms with Gasteiger partial charge in [-0.25, -0.2) is 0 Å². The fraction of sp³-hybridized carbons (Fsp3) is 0.467. The molecule has 0 bridgehead atoms. The molecule has 0 aromatic heterocycles. The Morgan fingerprint density at radius 3 is 2.62 bits per heavy atom. The van der Waals surface area contributed by atoms with Crippen LogP contribution in [-0.4, -0.2) is 23.5 Å². The fourth-order valence-electron chi connectivity index (χ4n) is 1.85. The van der Waals surface area contributed by atoms with Gasteiger partial charge in [0.15, 0.2) is 0 Å². The van der Waals surface area contributed by atoms with Crippen LogP contribution >= 0.6 is 27.5 Å². The smallest absolute Gasteiger partial charge is 0.303 e. The van der Waals surface area contributed by atoms with E-state index in [1.807, 2.05) is 13.8 Å². The summed E-state index contributed by atoms with van der Waals surface area (Å²) in [7, 11) is 0. The lowest BCUT2D eigenvalue weighted by molar-refractivity contribution is -0.137. The van der Waals surface area contributed by atoms with Crippen molar-refractivity contribution in [2.24, 2.45) is 5.41 Å². The first-order valence-corrected chi connectivity index (χ1v) is 7.83. The van der Waals surface area contributed by atoms with E-state index >= 15 is 0 Å². The minimum absolute atomic E-state index is 0.128. The third-order valence-electron chi connectivity index (χ3n) is 3.28. The average Bonchev–Trinajstić information content (AvgIpc) is 2.39. The van der Waals surface area contributed by atoms with E-state index in [1.165, 1.54) is 0 Å². The Bertz CT molecular complexity index is 532. The van der Waals surface area contributed by atoms with Crippen LogP contribution in [0.5, 0.6) is 0 Å². The summed E-state index contributed by atoms with van der Waals surface area (Å²) >= 11 is 9.20. The molecule has 4 nitrogen and oxygen atoms in total. The van der Waals surface area contributed by atoms with Crippen molar-refractivity contribution in [3.05, 3.63) is 33.3 Å². The highest BCUT2D eigenvalue weighted by Crippen LogP contribution is 2.26. The normalized spacial score (nSPS) is 11.2. The van der Waals surface area contributed by atoms with Crippen molar-refractivity contribution in [2.45, 2.75) is 33.1 Å². The van der Waals surface area contributed by atoms with Gasteiger partial charge in [-0.2, -0.15) is 0 Å². The first kappa shape index (κ1) is 18.0. The van der Waals surface area contributed by atoms with Crippen molar-refractivity contribution in [3.63, 3.8) is 0 Å². The number of hydrogen-bond donors (Lipinski definition) is 2. The number of nitrogens with one attached hydrogen (secondary N) is 1. The van der Waals surface area contributed by atoms with Crippen LogP contribution in [0.15, 0.2) is 22.7 Å². The molecule has 0 aliphatic carbocycles. The highest BCUT2D eigenvalue weighted by Gasteiger charge is 2.19. The van der Waals surface area contributed by atoms with Crippen molar-refractivity contribution in [1.29, 1.82) is 0 Å².